The van der Waals surface area contributed by atoms with E-state index >= 15 is 0 Å². The summed E-state index contributed by atoms with van der Waals surface area (Å²) in [7, 11) is 1.67. The average molecular weight is 236 g/mol. The Morgan fingerprint density at radius 2 is 2.06 bits per heavy atom. The molecule has 1 fully saturated rings. The minimum atomic E-state index is 0.0354. The first-order valence-electron chi connectivity index (χ1n) is 6.05. The number of benzene rings is 1. The predicted molar refractivity (Wildman–Crippen MR) is 67.3 cm³/mol. The van der Waals surface area contributed by atoms with Gasteiger partial charge in [0, 0.05) is 31.7 Å². The predicted octanol–water partition coefficient (Wildman–Crippen LogP) is 0.634. The SMILES string of the molecule is COc1ccccc1[C@@H](CO)N1CCNCC1. The number of aliphatic hydroxyl groups is 1. The summed E-state index contributed by atoms with van der Waals surface area (Å²) in [6.07, 6.45) is 0. The highest BCUT2D eigenvalue weighted by molar-refractivity contribution is 5.36. The first-order chi connectivity index (χ1) is 8.36. The van der Waals surface area contributed by atoms with Crippen molar-refractivity contribution in [3.05, 3.63) is 29.8 Å². The van der Waals surface area contributed by atoms with Crippen molar-refractivity contribution in [3.8, 4) is 5.75 Å². The Kier molecular flexibility index (Phi) is 4.36. The molecule has 1 aromatic rings. The van der Waals surface area contributed by atoms with E-state index in [4.69, 9.17) is 4.74 Å². The molecule has 0 aliphatic carbocycles. The summed E-state index contributed by atoms with van der Waals surface area (Å²) in [5.41, 5.74) is 1.07. The third-order valence-electron chi connectivity index (χ3n) is 3.26. The standard InChI is InChI=1S/C13H20N2O2/c1-17-13-5-3-2-4-11(13)12(10-16)15-8-6-14-7-9-15/h2-5,12,14,16H,6-10H2,1H3/t12-/m1/s1. The van der Waals surface area contributed by atoms with Crippen molar-refractivity contribution in [2.75, 3.05) is 39.9 Å². The zero-order valence-corrected chi connectivity index (χ0v) is 10.2. The normalized spacial score (nSPS) is 18.9. The Balaban J connectivity index is 2.21. The van der Waals surface area contributed by atoms with E-state index < -0.39 is 0 Å². The third kappa shape index (κ3) is 2.77. The Morgan fingerprint density at radius 1 is 1.35 bits per heavy atom. The number of methoxy groups -OCH3 is 1. The topological polar surface area (TPSA) is 44.7 Å². The molecule has 2 rings (SSSR count). The van der Waals surface area contributed by atoms with Crippen molar-refractivity contribution >= 4 is 0 Å². The second-order valence-electron chi connectivity index (χ2n) is 4.23. The first kappa shape index (κ1) is 12.4. The summed E-state index contributed by atoms with van der Waals surface area (Å²) in [5, 5.41) is 13.0. The van der Waals surface area contributed by atoms with E-state index in [1.54, 1.807) is 7.11 Å². The smallest absolute Gasteiger partial charge is 0.123 e. The highest BCUT2D eigenvalue weighted by atomic mass is 16.5. The van der Waals surface area contributed by atoms with Gasteiger partial charge in [0.1, 0.15) is 5.75 Å². The van der Waals surface area contributed by atoms with Crippen LogP contribution in [0.2, 0.25) is 0 Å². The van der Waals surface area contributed by atoms with Crippen LogP contribution in [0.1, 0.15) is 11.6 Å². The summed E-state index contributed by atoms with van der Waals surface area (Å²) >= 11 is 0. The number of piperazine rings is 1. The van der Waals surface area contributed by atoms with Gasteiger partial charge < -0.3 is 15.2 Å². The maximum absolute atomic E-state index is 9.63. The average Bonchev–Trinajstić information content (AvgIpc) is 2.41. The maximum atomic E-state index is 9.63. The van der Waals surface area contributed by atoms with Crippen LogP contribution in [0.5, 0.6) is 5.75 Å². The van der Waals surface area contributed by atoms with Crippen LogP contribution in [0.15, 0.2) is 24.3 Å². The molecule has 94 valence electrons. The summed E-state index contributed by atoms with van der Waals surface area (Å²) < 4.78 is 5.37. The zero-order chi connectivity index (χ0) is 12.1. The fraction of sp³-hybridized carbons (Fsp3) is 0.538. The molecule has 4 nitrogen and oxygen atoms in total. The Hall–Kier alpha value is -1.10. The van der Waals surface area contributed by atoms with Gasteiger partial charge in [-0.3, -0.25) is 4.90 Å². The number of hydrogen-bond acceptors (Lipinski definition) is 4. The molecule has 2 N–H and O–H groups in total. The number of para-hydroxylation sites is 1. The molecule has 4 heteroatoms. The van der Waals surface area contributed by atoms with Crippen molar-refractivity contribution in [3.63, 3.8) is 0 Å². The number of rotatable bonds is 4. The molecule has 0 bridgehead atoms. The van der Waals surface area contributed by atoms with Crippen molar-refractivity contribution in [2.45, 2.75) is 6.04 Å². The molecule has 0 saturated carbocycles. The number of nitrogens with one attached hydrogen (secondary N) is 1. The van der Waals surface area contributed by atoms with E-state index in [9.17, 15) is 5.11 Å². The molecule has 0 spiro atoms. The number of aliphatic hydroxyl groups excluding tert-OH is 1. The van der Waals surface area contributed by atoms with Crippen molar-refractivity contribution < 1.29 is 9.84 Å². The van der Waals surface area contributed by atoms with Gasteiger partial charge in [0.25, 0.3) is 0 Å². The van der Waals surface area contributed by atoms with E-state index in [-0.39, 0.29) is 12.6 Å². The summed E-state index contributed by atoms with van der Waals surface area (Å²) in [4.78, 5) is 2.30. The van der Waals surface area contributed by atoms with Crippen LogP contribution in [0.25, 0.3) is 0 Å². The van der Waals surface area contributed by atoms with E-state index in [1.807, 2.05) is 24.3 Å². The largest absolute Gasteiger partial charge is 0.496 e. The summed E-state index contributed by atoms with van der Waals surface area (Å²) in [6.45, 7) is 4.00. The third-order valence-corrected chi connectivity index (χ3v) is 3.26. The van der Waals surface area contributed by atoms with Crippen LogP contribution in [-0.2, 0) is 0 Å². The molecular weight excluding hydrogens is 216 g/mol. The Bertz CT molecular complexity index is 351. The molecule has 0 amide bonds. The van der Waals surface area contributed by atoms with Crippen LogP contribution in [0.3, 0.4) is 0 Å². The molecule has 17 heavy (non-hydrogen) atoms. The molecule has 1 aliphatic rings. The monoisotopic (exact) mass is 236 g/mol. The molecule has 1 aromatic carbocycles. The van der Waals surface area contributed by atoms with Gasteiger partial charge in [0.05, 0.1) is 19.8 Å². The number of hydrogen-bond donors (Lipinski definition) is 2. The van der Waals surface area contributed by atoms with Gasteiger partial charge in [0.2, 0.25) is 0 Å². The van der Waals surface area contributed by atoms with Gasteiger partial charge in [-0.2, -0.15) is 0 Å². The van der Waals surface area contributed by atoms with E-state index in [0.29, 0.717) is 0 Å². The molecule has 1 aliphatic heterocycles. The van der Waals surface area contributed by atoms with E-state index in [1.165, 1.54) is 0 Å². The minimum Gasteiger partial charge on any atom is -0.496 e. The lowest BCUT2D eigenvalue weighted by molar-refractivity contribution is 0.109. The van der Waals surface area contributed by atoms with Crippen LogP contribution >= 0.6 is 0 Å². The molecule has 1 saturated heterocycles. The van der Waals surface area contributed by atoms with Gasteiger partial charge in [-0.15, -0.1) is 0 Å². The number of ether oxygens (including phenoxy) is 1. The van der Waals surface area contributed by atoms with Crippen molar-refractivity contribution in [1.29, 1.82) is 0 Å². The zero-order valence-electron chi connectivity index (χ0n) is 10.2. The fourth-order valence-corrected chi connectivity index (χ4v) is 2.35. The maximum Gasteiger partial charge on any atom is 0.123 e. The van der Waals surface area contributed by atoms with Gasteiger partial charge in [-0.05, 0) is 6.07 Å². The van der Waals surface area contributed by atoms with Crippen LogP contribution in [-0.4, -0.2) is 49.9 Å². The molecule has 1 atom stereocenters. The minimum absolute atomic E-state index is 0.0354. The fourth-order valence-electron chi connectivity index (χ4n) is 2.35. The van der Waals surface area contributed by atoms with Gasteiger partial charge >= 0.3 is 0 Å². The first-order valence-corrected chi connectivity index (χ1v) is 6.05. The summed E-state index contributed by atoms with van der Waals surface area (Å²) in [6, 6.07) is 7.95. The van der Waals surface area contributed by atoms with Crippen LogP contribution < -0.4 is 10.1 Å². The second kappa shape index (κ2) is 6.00. The second-order valence-corrected chi connectivity index (χ2v) is 4.23. The lowest BCUT2D eigenvalue weighted by Crippen LogP contribution is -2.46. The van der Waals surface area contributed by atoms with Crippen molar-refractivity contribution in [2.24, 2.45) is 0 Å². The lowest BCUT2D eigenvalue weighted by Gasteiger charge is -2.34. The van der Waals surface area contributed by atoms with Gasteiger partial charge in [0.15, 0.2) is 0 Å². The highest BCUT2D eigenvalue weighted by Gasteiger charge is 2.23. The molecule has 0 aromatic heterocycles. The lowest BCUT2D eigenvalue weighted by atomic mass is 10.0. The van der Waals surface area contributed by atoms with Crippen molar-refractivity contribution in [1.82, 2.24) is 10.2 Å². The number of nitrogens with zero attached hydrogens (tertiary/aromatic N) is 1. The van der Waals surface area contributed by atoms with E-state index in [0.717, 1.165) is 37.5 Å². The Labute approximate surface area is 102 Å². The van der Waals surface area contributed by atoms with Gasteiger partial charge in [-0.25, -0.2) is 0 Å². The van der Waals surface area contributed by atoms with Gasteiger partial charge in [-0.1, -0.05) is 18.2 Å². The summed E-state index contributed by atoms with van der Waals surface area (Å²) in [5.74, 6) is 0.852. The Morgan fingerprint density at radius 3 is 2.71 bits per heavy atom. The van der Waals surface area contributed by atoms with E-state index in [2.05, 4.69) is 10.2 Å². The molecule has 1 heterocycles. The molecular formula is C13H20N2O2. The molecule has 0 radical (unpaired) electrons. The van der Waals surface area contributed by atoms with Crippen LogP contribution in [0, 0.1) is 0 Å². The molecule has 0 unspecified atom stereocenters. The highest BCUT2D eigenvalue weighted by Crippen LogP contribution is 2.28. The van der Waals surface area contributed by atoms with Crippen LogP contribution in [0.4, 0.5) is 0 Å². The quantitative estimate of drug-likeness (QED) is 0.805.